The fourth-order valence-corrected chi connectivity index (χ4v) is 2.87. The van der Waals surface area contributed by atoms with Gasteiger partial charge in [-0.05, 0) is 48.6 Å². The molecule has 3 rings (SSSR count). The van der Waals surface area contributed by atoms with E-state index >= 15 is 0 Å². The molecule has 0 bridgehead atoms. The number of halogens is 1. The Balaban J connectivity index is 2.04. The quantitative estimate of drug-likeness (QED) is 0.468. The predicted octanol–water partition coefficient (Wildman–Crippen LogP) is 3.98. The van der Waals surface area contributed by atoms with E-state index in [0.29, 0.717) is 27.7 Å². The van der Waals surface area contributed by atoms with Crippen molar-refractivity contribution >= 4 is 34.4 Å². The van der Waals surface area contributed by atoms with Crippen LogP contribution in [-0.2, 0) is 0 Å². The first-order valence-electron chi connectivity index (χ1n) is 7.46. The molecule has 0 aliphatic heterocycles. The normalized spacial score (nSPS) is 11.0. The number of hydrogen-bond donors (Lipinski definition) is 2. The molecule has 0 aliphatic carbocycles. The summed E-state index contributed by atoms with van der Waals surface area (Å²) in [6.07, 6.45) is 1.51. The number of methoxy groups -OCH3 is 2. The first-order valence-corrected chi connectivity index (χ1v) is 8.66. The Hall–Kier alpha value is -2.65. The number of ether oxygens (including phenoxy) is 2. The molecule has 0 saturated heterocycles. The van der Waals surface area contributed by atoms with Gasteiger partial charge >= 0.3 is 0 Å². The molecule has 1 heterocycles. The van der Waals surface area contributed by atoms with Crippen LogP contribution >= 0.6 is 28.1 Å². The summed E-state index contributed by atoms with van der Waals surface area (Å²) in [6, 6.07) is 10.5. The van der Waals surface area contributed by atoms with E-state index in [4.69, 9.17) is 21.7 Å². The van der Waals surface area contributed by atoms with Gasteiger partial charge in [-0.3, -0.25) is 0 Å². The third-order valence-electron chi connectivity index (χ3n) is 3.59. The Bertz CT molecular complexity index is 1030. The van der Waals surface area contributed by atoms with Gasteiger partial charge in [-0.1, -0.05) is 15.9 Å². The summed E-state index contributed by atoms with van der Waals surface area (Å²) >= 11 is 8.63. The van der Waals surface area contributed by atoms with Gasteiger partial charge in [0.25, 0.3) is 0 Å². The Morgan fingerprint density at radius 3 is 2.69 bits per heavy atom. The largest absolute Gasteiger partial charge is 0.507 e. The van der Waals surface area contributed by atoms with Crippen molar-refractivity contribution in [2.24, 2.45) is 5.10 Å². The fourth-order valence-electron chi connectivity index (χ4n) is 2.31. The molecule has 0 radical (unpaired) electrons. The van der Waals surface area contributed by atoms with Crippen LogP contribution in [-0.4, -0.2) is 40.4 Å². The molecule has 3 aromatic rings. The Labute approximate surface area is 163 Å². The number of nitrogens with zero attached hydrogens (tertiary/aromatic N) is 3. The zero-order chi connectivity index (χ0) is 18.7. The lowest BCUT2D eigenvalue weighted by molar-refractivity contribution is 0.355. The van der Waals surface area contributed by atoms with E-state index in [1.807, 2.05) is 6.07 Å². The van der Waals surface area contributed by atoms with Crippen molar-refractivity contribution in [3.8, 4) is 28.6 Å². The third kappa shape index (κ3) is 3.63. The van der Waals surface area contributed by atoms with Crippen LogP contribution in [0.2, 0.25) is 0 Å². The number of phenolic OH excluding ortho intramolecular Hbond substituents is 1. The predicted molar refractivity (Wildman–Crippen MR) is 105 cm³/mol. The zero-order valence-electron chi connectivity index (χ0n) is 13.9. The molecule has 0 amide bonds. The molecule has 134 valence electrons. The summed E-state index contributed by atoms with van der Waals surface area (Å²) in [4.78, 5) is 0. The van der Waals surface area contributed by atoms with Crippen LogP contribution in [0.3, 0.4) is 0 Å². The van der Waals surface area contributed by atoms with Crippen molar-refractivity contribution in [3.63, 3.8) is 0 Å². The van der Waals surface area contributed by atoms with Crippen LogP contribution in [0.5, 0.6) is 17.2 Å². The first kappa shape index (κ1) is 18.2. The molecule has 0 fully saturated rings. The van der Waals surface area contributed by atoms with E-state index in [-0.39, 0.29) is 5.75 Å². The molecule has 26 heavy (non-hydrogen) atoms. The van der Waals surface area contributed by atoms with Gasteiger partial charge in [0, 0.05) is 15.6 Å². The minimum atomic E-state index is 0.111. The Morgan fingerprint density at radius 1 is 1.19 bits per heavy atom. The highest BCUT2D eigenvalue weighted by Gasteiger charge is 2.12. The van der Waals surface area contributed by atoms with Crippen LogP contribution in [0.1, 0.15) is 5.56 Å². The lowest BCUT2D eigenvalue weighted by atomic mass is 10.2. The third-order valence-corrected chi connectivity index (χ3v) is 4.35. The molecule has 2 N–H and O–H groups in total. The standard InChI is InChI=1S/C17H15BrN4O3S/c1-24-14-6-3-10(8-15(14)25-2)16-20-21-17(26)22(16)19-9-11-7-12(18)4-5-13(11)23/h3-9,23H,1-2H3,(H,21,26)/b19-9+. The number of aromatic hydroxyl groups is 1. The van der Waals surface area contributed by atoms with Crippen LogP contribution in [0.4, 0.5) is 0 Å². The second-order valence-corrected chi connectivity index (χ2v) is 6.48. The molecule has 7 nitrogen and oxygen atoms in total. The van der Waals surface area contributed by atoms with E-state index in [2.05, 4.69) is 31.2 Å². The highest BCUT2D eigenvalue weighted by molar-refractivity contribution is 9.10. The summed E-state index contributed by atoms with van der Waals surface area (Å²) in [5.41, 5.74) is 1.28. The zero-order valence-corrected chi connectivity index (χ0v) is 16.3. The number of H-pyrrole nitrogens is 1. The van der Waals surface area contributed by atoms with Crippen molar-refractivity contribution in [2.75, 3.05) is 14.2 Å². The smallest absolute Gasteiger partial charge is 0.216 e. The highest BCUT2D eigenvalue weighted by Crippen LogP contribution is 2.31. The molecule has 2 aromatic carbocycles. The van der Waals surface area contributed by atoms with Crippen LogP contribution in [0, 0.1) is 4.77 Å². The van der Waals surface area contributed by atoms with E-state index < -0.39 is 0 Å². The summed E-state index contributed by atoms with van der Waals surface area (Å²) in [5.74, 6) is 1.79. The summed E-state index contributed by atoms with van der Waals surface area (Å²) in [7, 11) is 3.13. The van der Waals surface area contributed by atoms with Gasteiger partial charge < -0.3 is 14.6 Å². The molecule has 0 unspecified atom stereocenters. The number of aromatic nitrogens is 3. The topological polar surface area (TPSA) is 84.7 Å². The molecule has 0 spiro atoms. The molecule has 0 aliphatic rings. The maximum Gasteiger partial charge on any atom is 0.216 e. The highest BCUT2D eigenvalue weighted by atomic mass is 79.9. The van der Waals surface area contributed by atoms with E-state index in [1.54, 1.807) is 44.6 Å². The van der Waals surface area contributed by atoms with Crippen LogP contribution < -0.4 is 9.47 Å². The van der Waals surface area contributed by atoms with Crippen molar-refractivity contribution in [2.45, 2.75) is 0 Å². The number of nitrogens with one attached hydrogen (secondary N) is 1. The Morgan fingerprint density at radius 2 is 1.96 bits per heavy atom. The van der Waals surface area contributed by atoms with E-state index in [1.165, 1.54) is 10.9 Å². The maximum atomic E-state index is 9.94. The van der Waals surface area contributed by atoms with Crippen molar-refractivity contribution in [1.82, 2.24) is 14.9 Å². The second-order valence-electron chi connectivity index (χ2n) is 5.18. The van der Waals surface area contributed by atoms with E-state index in [9.17, 15) is 5.11 Å². The van der Waals surface area contributed by atoms with Crippen LogP contribution in [0.25, 0.3) is 11.4 Å². The number of rotatable bonds is 5. The van der Waals surface area contributed by atoms with Crippen molar-refractivity contribution < 1.29 is 14.6 Å². The van der Waals surface area contributed by atoms with Gasteiger partial charge in [0.05, 0.1) is 20.4 Å². The van der Waals surface area contributed by atoms with Gasteiger partial charge in [-0.2, -0.15) is 14.9 Å². The number of aromatic amines is 1. The van der Waals surface area contributed by atoms with Crippen molar-refractivity contribution in [1.29, 1.82) is 0 Å². The molecular weight excluding hydrogens is 420 g/mol. The molecule has 9 heteroatoms. The molecule has 0 saturated carbocycles. The lowest BCUT2D eigenvalue weighted by Gasteiger charge is -2.09. The monoisotopic (exact) mass is 434 g/mol. The van der Waals surface area contributed by atoms with Gasteiger partial charge in [0.15, 0.2) is 17.3 Å². The SMILES string of the molecule is COc1ccc(-c2n[nH]c(=S)n2/N=C/c2cc(Br)ccc2O)cc1OC. The number of hydrogen-bond acceptors (Lipinski definition) is 6. The minimum Gasteiger partial charge on any atom is -0.507 e. The number of benzene rings is 2. The lowest BCUT2D eigenvalue weighted by Crippen LogP contribution is -1.97. The van der Waals surface area contributed by atoms with Crippen molar-refractivity contribution in [3.05, 3.63) is 51.2 Å². The average Bonchev–Trinajstić information content (AvgIpc) is 3.02. The molecule has 1 aromatic heterocycles. The first-order chi connectivity index (χ1) is 12.5. The summed E-state index contributed by atoms with van der Waals surface area (Å²) < 4.78 is 13.2. The fraction of sp³-hybridized carbons (Fsp3) is 0.118. The van der Waals surface area contributed by atoms with Gasteiger partial charge in [-0.15, -0.1) is 0 Å². The minimum absolute atomic E-state index is 0.111. The average molecular weight is 435 g/mol. The molecular formula is C17H15BrN4O3S. The second kappa shape index (κ2) is 7.71. The van der Waals surface area contributed by atoms with Gasteiger partial charge in [0.1, 0.15) is 5.75 Å². The molecule has 0 atom stereocenters. The van der Waals surface area contributed by atoms with Crippen LogP contribution in [0.15, 0.2) is 46.0 Å². The van der Waals surface area contributed by atoms with Gasteiger partial charge in [0.2, 0.25) is 4.77 Å². The maximum absolute atomic E-state index is 9.94. The van der Waals surface area contributed by atoms with E-state index in [0.717, 1.165) is 10.0 Å². The Kier molecular flexibility index (Phi) is 5.38. The van der Waals surface area contributed by atoms with Gasteiger partial charge in [-0.25, -0.2) is 5.10 Å². The number of phenols is 1. The summed E-state index contributed by atoms with van der Waals surface area (Å²) in [5, 5.41) is 21.3. The summed E-state index contributed by atoms with van der Waals surface area (Å²) in [6.45, 7) is 0.